The lowest BCUT2D eigenvalue weighted by Crippen LogP contribution is -2.26. The second kappa shape index (κ2) is 5.36. The van der Waals surface area contributed by atoms with Gasteiger partial charge in [0.1, 0.15) is 5.70 Å². The molecule has 0 aromatic carbocycles. The molecule has 1 heterocycles. The van der Waals surface area contributed by atoms with Crippen LogP contribution in [0.2, 0.25) is 0 Å². The molecule has 0 saturated heterocycles. The van der Waals surface area contributed by atoms with E-state index in [1.807, 2.05) is 0 Å². The Kier molecular flexibility index (Phi) is 4.12. The van der Waals surface area contributed by atoms with Crippen molar-refractivity contribution in [2.24, 2.45) is 0 Å². The SMILES string of the molecule is CNC(=O)/C=C1\NC(C(=O)OC)=CC(=O)S1. The van der Waals surface area contributed by atoms with Crippen molar-refractivity contribution in [2.45, 2.75) is 0 Å². The van der Waals surface area contributed by atoms with Crippen molar-refractivity contribution in [1.29, 1.82) is 0 Å². The third-order valence-electron chi connectivity index (χ3n) is 1.64. The van der Waals surface area contributed by atoms with Gasteiger partial charge in [-0.05, 0) is 11.8 Å². The van der Waals surface area contributed by atoms with Crippen LogP contribution in [0.5, 0.6) is 0 Å². The first kappa shape index (κ1) is 12.3. The lowest BCUT2D eigenvalue weighted by atomic mass is 10.4. The van der Waals surface area contributed by atoms with Crippen LogP contribution < -0.4 is 10.6 Å². The molecule has 0 bridgehead atoms. The fraction of sp³-hybridized carbons (Fsp3) is 0.222. The molecule has 0 radical (unpaired) electrons. The van der Waals surface area contributed by atoms with E-state index in [9.17, 15) is 14.4 Å². The van der Waals surface area contributed by atoms with Crippen LogP contribution in [0, 0.1) is 0 Å². The first-order valence-corrected chi connectivity index (χ1v) is 5.10. The van der Waals surface area contributed by atoms with Crippen molar-refractivity contribution in [2.75, 3.05) is 14.2 Å². The molecular formula is C9H10N2O4S. The molecule has 0 aromatic heterocycles. The Labute approximate surface area is 96.1 Å². The van der Waals surface area contributed by atoms with Crippen LogP contribution in [0.25, 0.3) is 0 Å². The summed E-state index contributed by atoms with van der Waals surface area (Å²) >= 11 is 0.828. The molecule has 0 fully saturated rings. The Balaban J connectivity index is 2.87. The highest BCUT2D eigenvalue weighted by atomic mass is 32.2. The van der Waals surface area contributed by atoms with Crippen LogP contribution in [0.3, 0.4) is 0 Å². The van der Waals surface area contributed by atoms with Gasteiger partial charge in [0.25, 0.3) is 0 Å². The number of hydrogen-bond acceptors (Lipinski definition) is 6. The molecule has 6 nitrogen and oxygen atoms in total. The minimum atomic E-state index is -0.656. The fourth-order valence-electron chi connectivity index (χ4n) is 0.927. The number of ether oxygens (including phenoxy) is 1. The Morgan fingerprint density at radius 2 is 2.25 bits per heavy atom. The molecule has 0 saturated carbocycles. The number of esters is 1. The zero-order valence-electron chi connectivity index (χ0n) is 8.70. The van der Waals surface area contributed by atoms with Gasteiger partial charge in [0.05, 0.1) is 12.1 Å². The van der Waals surface area contributed by atoms with Crippen LogP contribution in [0.4, 0.5) is 0 Å². The third-order valence-corrected chi connectivity index (χ3v) is 2.40. The van der Waals surface area contributed by atoms with Crippen LogP contribution in [0.1, 0.15) is 0 Å². The molecule has 0 aliphatic carbocycles. The van der Waals surface area contributed by atoms with E-state index in [0.717, 1.165) is 17.8 Å². The monoisotopic (exact) mass is 242 g/mol. The van der Waals surface area contributed by atoms with E-state index >= 15 is 0 Å². The first-order valence-electron chi connectivity index (χ1n) is 4.29. The summed E-state index contributed by atoms with van der Waals surface area (Å²) < 4.78 is 4.46. The number of methoxy groups -OCH3 is 1. The Morgan fingerprint density at radius 3 is 2.81 bits per heavy atom. The highest BCUT2D eigenvalue weighted by molar-refractivity contribution is 8.17. The van der Waals surface area contributed by atoms with E-state index in [-0.39, 0.29) is 21.7 Å². The van der Waals surface area contributed by atoms with E-state index in [4.69, 9.17) is 0 Å². The minimum Gasteiger partial charge on any atom is -0.464 e. The summed E-state index contributed by atoms with van der Waals surface area (Å²) in [7, 11) is 2.67. The lowest BCUT2D eigenvalue weighted by Gasteiger charge is -2.15. The average Bonchev–Trinajstić information content (AvgIpc) is 2.27. The van der Waals surface area contributed by atoms with Crippen molar-refractivity contribution in [3.05, 3.63) is 22.9 Å². The number of hydrogen-bond donors (Lipinski definition) is 2. The topological polar surface area (TPSA) is 84.5 Å². The van der Waals surface area contributed by atoms with Crippen molar-refractivity contribution < 1.29 is 19.1 Å². The Bertz CT molecular complexity index is 400. The molecule has 0 unspecified atom stereocenters. The molecule has 0 atom stereocenters. The fourth-order valence-corrected chi connectivity index (χ4v) is 1.65. The zero-order valence-corrected chi connectivity index (χ0v) is 9.51. The summed E-state index contributed by atoms with van der Waals surface area (Å²) in [6, 6.07) is 0. The highest BCUT2D eigenvalue weighted by Gasteiger charge is 2.20. The Hall–Kier alpha value is -1.76. The van der Waals surface area contributed by atoms with E-state index in [0.29, 0.717) is 0 Å². The highest BCUT2D eigenvalue weighted by Crippen LogP contribution is 2.21. The molecule has 7 heteroatoms. The van der Waals surface area contributed by atoms with Gasteiger partial charge < -0.3 is 15.4 Å². The van der Waals surface area contributed by atoms with Gasteiger partial charge in [-0.1, -0.05) is 0 Å². The van der Waals surface area contributed by atoms with Crippen molar-refractivity contribution in [3.63, 3.8) is 0 Å². The zero-order chi connectivity index (χ0) is 12.1. The van der Waals surface area contributed by atoms with Gasteiger partial charge in [-0.3, -0.25) is 9.59 Å². The molecule has 86 valence electrons. The average molecular weight is 242 g/mol. The van der Waals surface area contributed by atoms with Crippen molar-refractivity contribution in [3.8, 4) is 0 Å². The number of rotatable bonds is 2. The second-order valence-electron chi connectivity index (χ2n) is 2.72. The van der Waals surface area contributed by atoms with Crippen LogP contribution in [-0.2, 0) is 19.1 Å². The van der Waals surface area contributed by atoms with Crippen molar-refractivity contribution in [1.82, 2.24) is 10.6 Å². The number of nitrogens with one attached hydrogen (secondary N) is 2. The molecule has 0 aromatic rings. The number of amides is 1. The third kappa shape index (κ3) is 3.13. The maximum absolute atomic E-state index is 11.2. The normalized spacial score (nSPS) is 17.5. The maximum atomic E-state index is 11.2. The standard InChI is InChI=1S/C9H10N2O4S/c1-10-6(12)4-7-11-5(9(14)15-2)3-8(13)16-7/h3-4,11H,1-2H3,(H,10,12)/b7-4+. The molecule has 2 N–H and O–H groups in total. The summed E-state index contributed by atoms with van der Waals surface area (Å²) in [6.45, 7) is 0. The number of carbonyl (C=O) groups is 3. The number of carbonyl (C=O) groups excluding carboxylic acids is 3. The predicted molar refractivity (Wildman–Crippen MR) is 58.0 cm³/mol. The minimum absolute atomic E-state index is 0.0152. The van der Waals surface area contributed by atoms with Gasteiger partial charge in [-0.15, -0.1) is 0 Å². The lowest BCUT2D eigenvalue weighted by molar-refractivity contribution is -0.136. The van der Waals surface area contributed by atoms with E-state index in [1.165, 1.54) is 20.2 Å². The number of likely N-dealkylation sites (N-methyl/N-ethyl adjacent to an activating group) is 1. The molecule has 1 amide bonds. The van der Waals surface area contributed by atoms with Gasteiger partial charge in [0.2, 0.25) is 11.0 Å². The van der Waals surface area contributed by atoms with Gasteiger partial charge in [-0.25, -0.2) is 4.79 Å². The smallest absolute Gasteiger partial charge is 0.354 e. The van der Waals surface area contributed by atoms with E-state index in [1.54, 1.807) is 0 Å². The summed E-state index contributed by atoms with van der Waals surface area (Å²) in [5.41, 5.74) is 0.0152. The second-order valence-corrected chi connectivity index (χ2v) is 3.76. The van der Waals surface area contributed by atoms with Crippen molar-refractivity contribution >= 4 is 28.8 Å². The van der Waals surface area contributed by atoms with Gasteiger partial charge in [0, 0.05) is 19.2 Å². The van der Waals surface area contributed by atoms with Crippen LogP contribution in [0.15, 0.2) is 22.9 Å². The Morgan fingerprint density at radius 1 is 1.56 bits per heavy atom. The van der Waals surface area contributed by atoms with Crippen LogP contribution in [-0.4, -0.2) is 31.1 Å². The largest absolute Gasteiger partial charge is 0.464 e. The van der Waals surface area contributed by atoms with Gasteiger partial charge >= 0.3 is 5.97 Å². The summed E-state index contributed by atoms with van der Waals surface area (Å²) in [6.07, 6.45) is 2.32. The van der Waals surface area contributed by atoms with E-state index < -0.39 is 5.97 Å². The summed E-state index contributed by atoms with van der Waals surface area (Å²) in [5.74, 6) is -1.02. The molecule has 1 rings (SSSR count). The predicted octanol–water partition coefficient (Wildman–Crippen LogP) is -0.506. The molecular weight excluding hydrogens is 232 g/mol. The molecule has 16 heavy (non-hydrogen) atoms. The van der Waals surface area contributed by atoms with Crippen LogP contribution >= 0.6 is 11.8 Å². The first-order chi connectivity index (χ1) is 7.56. The summed E-state index contributed by atoms with van der Waals surface area (Å²) in [5, 5.41) is 4.94. The van der Waals surface area contributed by atoms with Gasteiger partial charge in [-0.2, -0.15) is 0 Å². The molecule has 0 spiro atoms. The molecule has 1 aliphatic rings. The maximum Gasteiger partial charge on any atom is 0.354 e. The molecule has 1 aliphatic heterocycles. The van der Waals surface area contributed by atoms with Gasteiger partial charge in [0.15, 0.2) is 0 Å². The quantitative estimate of drug-likeness (QED) is 0.501. The number of thioether (sulfide) groups is 1. The summed E-state index contributed by atoms with van der Waals surface area (Å²) in [4.78, 5) is 33.5. The van der Waals surface area contributed by atoms with E-state index in [2.05, 4.69) is 15.4 Å².